The lowest BCUT2D eigenvalue weighted by Gasteiger charge is -2.05. The Kier molecular flexibility index (Phi) is 11.0. The summed E-state index contributed by atoms with van der Waals surface area (Å²) in [6.07, 6.45) is 5.90. The molecule has 0 rings (SSSR count). The summed E-state index contributed by atoms with van der Waals surface area (Å²) in [5.41, 5.74) is 2.61. The van der Waals surface area contributed by atoms with E-state index in [1.807, 2.05) is 13.0 Å². The summed E-state index contributed by atoms with van der Waals surface area (Å²) in [7, 11) is 0. The van der Waals surface area contributed by atoms with E-state index in [1.165, 1.54) is 11.1 Å². The maximum Gasteiger partial charge on any atom is 0.407 e. The van der Waals surface area contributed by atoms with Crippen molar-refractivity contribution in [3.8, 4) is 0 Å². The first-order chi connectivity index (χ1) is 9.06. The van der Waals surface area contributed by atoms with Crippen LogP contribution < -0.4 is 5.32 Å². The molecule has 0 radical (unpaired) electrons. The summed E-state index contributed by atoms with van der Waals surface area (Å²) >= 11 is 0. The molecule has 0 aliphatic heterocycles. The number of rotatable bonds is 9. The molecule has 0 heterocycles. The van der Waals surface area contributed by atoms with E-state index >= 15 is 0 Å². The summed E-state index contributed by atoms with van der Waals surface area (Å²) < 4.78 is 9.99. The number of hydrogen-bond donors (Lipinski definition) is 1. The summed E-state index contributed by atoms with van der Waals surface area (Å²) in [5, 5.41) is 2.68. The second-order valence-corrected chi connectivity index (χ2v) is 4.58. The second-order valence-electron chi connectivity index (χ2n) is 4.58. The molecule has 0 saturated carbocycles. The van der Waals surface area contributed by atoms with Crippen molar-refractivity contribution in [1.82, 2.24) is 5.32 Å². The molecule has 0 atom stereocenters. The first-order valence-corrected chi connectivity index (χ1v) is 6.83. The SMILES string of the molecule is CCOCCOC(=O)NC/C=C(/C)CCC=C(C)C. The Hall–Kier alpha value is -1.29. The van der Waals surface area contributed by atoms with E-state index in [0.29, 0.717) is 26.4 Å². The molecule has 0 aliphatic rings. The maximum atomic E-state index is 11.3. The van der Waals surface area contributed by atoms with Crippen molar-refractivity contribution in [3.63, 3.8) is 0 Å². The van der Waals surface area contributed by atoms with Crippen LogP contribution in [0.15, 0.2) is 23.3 Å². The third kappa shape index (κ3) is 12.9. The van der Waals surface area contributed by atoms with Crippen molar-refractivity contribution < 1.29 is 14.3 Å². The van der Waals surface area contributed by atoms with Crippen molar-refractivity contribution in [2.24, 2.45) is 0 Å². The summed E-state index contributed by atoms with van der Waals surface area (Å²) in [4.78, 5) is 11.3. The van der Waals surface area contributed by atoms with Crippen LogP contribution in [-0.4, -0.2) is 32.5 Å². The fourth-order valence-corrected chi connectivity index (χ4v) is 1.39. The average Bonchev–Trinajstić information content (AvgIpc) is 2.34. The molecule has 110 valence electrons. The zero-order chi connectivity index (χ0) is 14.5. The lowest BCUT2D eigenvalue weighted by atomic mass is 10.1. The lowest BCUT2D eigenvalue weighted by molar-refractivity contribution is 0.0793. The number of carbonyl (C=O) groups excluding carboxylic acids is 1. The minimum Gasteiger partial charge on any atom is -0.447 e. The highest BCUT2D eigenvalue weighted by molar-refractivity contribution is 5.67. The number of nitrogens with one attached hydrogen (secondary N) is 1. The monoisotopic (exact) mass is 269 g/mol. The molecule has 0 aromatic heterocycles. The number of allylic oxidation sites excluding steroid dienone is 3. The van der Waals surface area contributed by atoms with E-state index in [9.17, 15) is 4.79 Å². The molecule has 1 N–H and O–H groups in total. The molecule has 0 fully saturated rings. The van der Waals surface area contributed by atoms with Gasteiger partial charge in [-0.3, -0.25) is 0 Å². The molecular formula is C15H27NO3. The predicted octanol–water partition coefficient (Wildman–Crippen LogP) is 3.44. The van der Waals surface area contributed by atoms with Crippen molar-refractivity contribution in [2.75, 3.05) is 26.4 Å². The van der Waals surface area contributed by atoms with Crippen LogP contribution in [0.4, 0.5) is 4.79 Å². The van der Waals surface area contributed by atoms with Gasteiger partial charge in [-0.2, -0.15) is 0 Å². The molecule has 0 aromatic rings. The summed E-state index contributed by atoms with van der Waals surface area (Å²) in [6.45, 7) is 10.1. The van der Waals surface area contributed by atoms with Gasteiger partial charge in [-0.05, 0) is 40.5 Å². The fraction of sp³-hybridized carbons (Fsp3) is 0.667. The molecule has 0 spiro atoms. The van der Waals surface area contributed by atoms with Gasteiger partial charge in [0.15, 0.2) is 0 Å². The van der Waals surface area contributed by atoms with Crippen LogP contribution in [-0.2, 0) is 9.47 Å². The maximum absolute atomic E-state index is 11.3. The van der Waals surface area contributed by atoms with E-state index in [2.05, 4.69) is 32.2 Å². The number of hydrogen-bond acceptors (Lipinski definition) is 3. The second kappa shape index (κ2) is 11.8. The highest BCUT2D eigenvalue weighted by Gasteiger charge is 1.99. The number of ether oxygens (including phenoxy) is 2. The molecule has 1 amide bonds. The first kappa shape index (κ1) is 17.7. The minimum absolute atomic E-state index is 0.295. The van der Waals surface area contributed by atoms with E-state index in [0.717, 1.165) is 12.8 Å². The molecule has 19 heavy (non-hydrogen) atoms. The van der Waals surface area contributed by atoms with E-state index in [-0.39, 0.29) is 0 Å². The number of carbonyl (C=O) groups is 1. The van der Waals surface area contributed by atoms with Gasteiger partial charge in [0.2, 0.25) is 0 Å². The Labute approximate surface area is 116 Å². The summed E-state index contributed by atoms with van der Waals surface area (Å²) in [6, 6.07) is 0. The lowest BCUT2D eigenvalue weighted by Crippen LogP contribution is -2.25. The fourth-order valence-electron chi connectivity index (χ4n) is 1.39. The Morgan fingerprint density at radius 3 is 2.53 bits per heavy atom. The van der Waals surface area contributed by atoms with Crippen molar-refractivity contribution in [3.05, 3.63) is 23.3 Å². The van der Waals surface area contributed by atoms with Gasteiger partial charge in [0, 0.05) is 13.2 Å². The quantitative estimate of drug-likeness (QED) is 0.515. The van der Waals surface area contributed by atoms with Gasteiger partial charge < -0.3 is 14.8 Å². The van der Waals surface area contributed by atoms with Crippen molar-refractivity contribution in [2.45, 2.75) is 40.5 Å². The average molecular weight is 269 g/mol. The molecule has 4 nitrogen and oxygen atoms in total. The third-order valence-corrected chi connectivity index (χ3v) is 2.45. The normalized spacial score (nSPS) is 11.1. The third-order valence-electron chi connectivity index (χ3n) is 2.45. The van der Waals surface area contributed by atoms with E-state index in [4.69, 9.17) is 9.47 Å². The van der Waals surface area contributed by atoms with E-state index in [1.54, 1.807) is 0 Å². The van der Waals surface area contributed by atoms with Gasteiger partial charge in [-0.1, -0.05) is 23.3 Å². The van der Waals surface area contributed by atoms with Crippen molar-refractivity contribution >= 4 is 6.09 Å². The zero-order valence-electron chi connectivity index (χ0n) is 12.6. The van der Waals surface area contributed by atoms with E-state index < -0.39 is 6.09 Å². The highest BCUT2D eigenvalue weighted by Crippen LogP contribution is 2.05. The van der Waals surface area contributed by atoms with Gasteiger partial charge in [-0.15, -0.1) is 0 Å². The van der Waals surface area contributed by atoms with Crippen LogP contribution in [0.25, 0.3) is 0 Å². The standard InChI is InChI=1S/C15H27NO3/c1-5-18-11-12-19-15(17)16-10-9-14(4)8-6-7-13(2)3/h7,9H,5-6,8,10-12H2,1-4H3,(H,16,17)/b14-9-. The Morgan fingerprint density at radius 2 is 1.89 bits per heavy atom. The Morgan fingerprint density at radius 1 is 1.16 bits per heavy atom. The predicted molar refractivity (Wildman–Crippen MR) is 78.3 cm³/mol. The van der Waals surface area contributed by atoms with Crippen LogP contribution in [0.2, 0.25) is 0 Å². The topological polar surface area (TPSA) is 47.6 Å². The van der Waals surface area contributed by atoms with Gasteiger partial charge in [0.1, 0.15) is 6.61 Å². The number of alkyl carbamates (subject to hydrolysis) is 1. The van der Waals surface area contributed by atoms with Crippen LogP contribution in [0.3, 0.4) is 0 Å². The number of amides is 1. The molecule has 0 saturated heterocycles. The van der Waals surface area contributed by atoms with Gasteiger partial charge in [0.25, 0.3) is 0 Å². The Bertz CT molecular complexity index is 305. The smallest absolute Gasteiger partial charge is 0.407 e. The minimum atomic E-state index is -0.395. The van der Waals surface area contributed by atoms with Gasteiger partial charge in [0.05, 0.1) is 6.61 Å². The van der Waals surface area contributed by atoms with Gasteiger partial charge in [-0.25, -0.2) is 4.79 Å². The molecule has 0 aliphatic carbocycles. The highest BCUT2D eigenvalue weighted by atomic mass is 16.6. The van der Waals surface area contributed by atoms with Crippen LogP contribution in [0, 0.1) is 0 Å². The molecule has 0 unspecified atom stereocenters. The molecule has 0 bridgehead atoms. The van der Waals surface area contributed by atoms with Crippen molar-refractivity contribution in [1.29, 1.82) is 0 Å². The van der Waals surface area contributed by atoms with Gasteiger partial charge >= 0.3 is 6.09 Å². The molecule has 4 heteroatoms. The van der Waals surface area contributed by atoms with Crippen LogP contribution in [0.1, 0.15) is 40.5 Å². The zero-order valence-corrected chi connectivity index (χ0v) is 12.6. The molecule has 0 aromatic carbocycles. The molecular weight excluding hydrogens is 242 g/mol. The summed E-state index contributed by atoms with van der Waals surface area (Å²) in [5.74, 6) is 0. The largest absolute Gasteiger partial charge is 0.447 e. The van der Waals surface area contributed by atoms with Crippen LogP contribution in [0.5, 0.6) is 0 Å². The first-order valence-electron chi connectivity index (χ1n) is 6.83. The van der Waals surface area contributed by atoms with Crippen LogP contribution >= 0.6 is 0 Å². The Balaban J connectivity index is 3.63.